The number of imidazole rings is 1. The second-order valence-electron chi connectivity index (χ2n) is 4.90. The number of nitrogens with zero attached hydrogens (tertiary/aromatic N) is 2. The highest BCUT2D eigenvalue weighted by molar-refractivity contribution is 5.83. The molecule has 0 saturated heterocycles. The third-order valence-corrected chi connectivity index (χ3v) is 3.55. The van der Waals surface area contributed by atoms with Crippen molar-refractivity contribution in [3.05, 3.63) is 71.3 Å². The molecule has 2 aromatic heterocycles. The van der Waals surface area contributed by atoms with E-state index in [2.05, 4.69) is 21.5 Å². The van der Waals surface area contributed by atoms with E-state index in [1.807, 2.05) is 43.3 Å². The van der Waals surface area contributed by atoms with E-state index in [0.29, 0.717) is 5.69 Å². The van der Waals surface area contributed by atoms with Gasteiger partial charge in [0.25, 0.3) is 0 Å². The van der Waals surface area contributed by atoms with Crippen molar-refractivity contribution in [2.24, 2.45) is 0 Å². The Bertz CT molecular complexity index is 744. The number of rotatable bonds is 4. The van der Waals surface area contributed by atoms with Gasteiger partial charge in [-0.1, -0.05) is 36.4 Å². The molecule has 0 unspecified atom stereocenters. The van der Waals surface area contributed by atoms with Crippen molar-refractivity contribution >= 4 is 11.8 Å². The Morgan fingerprint density at radius 1 is 1.05 bits per heavy atom. The fourth-order valence-electron chi connectivity index (χ4n) is 2.56. The summed E-state index contributed by atoms with van der Waals surface area (Å²) in [5.41, 5.74) is 3.80. The number of fused-ring (bicyclic) bond motifs is 1. The zero-order chi connectivity index (χ0) is 13.9. The maximum absolute atomic E-state index is 11.1. The lowest BCUT2D eigenvalue weighted by Gasteiger charge is -2.05. The maximum Gasteiger partial charge on any atom is 0.170 e. The normalized spacial score (nSPS) is 10.8. The molecular formula is C17H16N2O. The standard InChI is InChI=1S/C17H16N2O/c1-13-6-5-9-16-15(12-20)18-17(19(13)16)11-10-14-7-3-2-4-8-14/h2-9,12H,10-11H2,1H3. The van der Waals surface area contributed by atoms with Crippen molar-refractivity contribution in [2.45, 2.75) is 19.8 Å². The molecule has 0 aliphatic rings. The number of carbonyl (C=O) groups excluding carboxylic acids is 1. The van der Waals surface area contributed by atoms with Crippen LogP contribution in [0.2, 0.25) is 0 Å². The van der Waals surface area contributed by atoms with Crippen LogP contribution >= 0.6 is 0 Å². The van der Waals surface area contributed by atoms with E-state index in [1.54, 1.807) is 0 Å². The molecule has 20 heavy (non-hydrogen) atoms. The quantitative estimate of drug-likeness (QED) is 0.678. The van der Waals surface area contributed by atoms with Crippen molar-refractivity contribution in [3.63, 3.8) is 0 Å². The average molecular weight is 264 g/mol. The Balaban J connectivity index is 1.97. The first-order chi connectivity index (χ1) is 9.79. The molecule has 3 rings (SSSR count). The molecule has 0 amide bonds. The van der Waals surface area contributed by atoms with Gasteiger partial charge in [-0.3, -0.25) is 4.79 Å². The van der Waals surface area contributed by atoms with Crippen LogP contribution in [-0.4, -0.2) is 15.7 Å². The minimum absolute atomic E-state index is 0.525. The molecule has 100 valence electrons. The summed E-state index contributed by atoms with van der Waals surface area (Å²) in [5.74, 6) is 0.948. The van der Waals surface area contributed by atoms with E-state index >= 15 is 0 Å². The Morgan fingerprint density at radius 3 is 2.60 bits per heavy atom. The molecule has 1 aromatic carbocycles. The smallest absolute Gasteiger partial charge is 0.170 e. The molecule has 0 radical (unpaired) electrons. The zero-order valence-electron chi connectivity index (χ0n) is 11.4. The second-order valence-corrected chi connectivity index (χ2v) is 4.90. The lowest BCUT2D eigenvalue weighted by molar-refractivity contribution is 0.112. The number of carbonyl (C=O) groups is 1. The molecule has 0 aliphatic heterocycles. The number of aldehydes is 1. The molecule has 0 bridgehead atoms. The molecule has 0 aliphatic carbocycles. The number of aryl methyl sites for hydroxylation is 3. The summed E-state index contributed by atoms with van der Waals surface area (Å²) in [6.07, 6.45) is 2.58. The van der Waals surface area contributed by atoms with Gasteiger partial charge in [0.05, 0.1) is 5.52 Å². The summed E-state index contributed by atoms with van der Waals surface area (Å²) in [5, 5.41) is 0. The van der Waals surface area contributed by atoms with Gasteiger partial charge in [0.2, 0.25) is 0 Å². The molecular weight excluding hydrogens is 248 g/mol. The Kier molecular flexibility index (Phi) is 3.33. The van der Waals surface area contributed by atoms with Gasteiger partial charge in [0, 0.05) is 12.1 Å². The molecule has 0 saturated carbocycles. The first kappa shape index (κ1) is 12.6. The van der Waals surface area contributed by atoms with Crippen molar-refractivity contribution in [1.82, 2.24) is 9.38 Å². The molecule has 3 heteroatoms. The third kappa shape index (κ3) is 2.23. The second kappa shape index (κ2) is 5.29. The van der Waals surface area contributed by atoms with Gasteiger partial charge in [-0.15, -0.1) is 0 Å². The minimum Gasteiger partial charge on any atom is -0.300 e. The van der Waals surface area contributed by atoms with Crippen molar-refractivity contribution in [3.8, 4) is 0 Å². The highest BCUT2D eigenvalue weighted by Crippen LogP contribution is 2.16. The molecule has 0 N–H and O–H groups in total. The van der Waals surface area contributed by atoms with E-state index < -0.39 is 0 Å². The largest absolute Gasteiger partial charge is 0.300 e. The van der Waals surface area contributed by atoms with Crippen LogP contribution in [0.25, 0.3) is 5.52 Å². The third-order valence-electron chi connectivity index (χ3n) is 3.55. The average Bonchev–Trinajstić information content (AvgIpc) is 2.86. The fourth-order valence-corrected chi connectivity index (χ4v) is 2.56. The Morgan fingerprint density at radius 2 is 1.85 bits per heavy atom. The van der Waals surface area contributed by atoms with Gasteiger partial charge in [-0.2, -0.15) is 0 Å². The summed E-state index contributed by atoms with van der Waals surface area (Å²) in [6, 6.07) is 16.3. The molecule has 0 atom stereocenters. The summed E-state index contributed by atoms with van der Waals surface area (Å²) in [4.78, 5) is 15.6. The van der Waals surface area contributed by atoms with Crippen LogP contribution < -0.4 is 0 Å². The van der Waals surface area contributed by atoms with Crippen LogP contribution in [0, 0.1) is 6.92 Å². The lowest BCUT2D eigenvalue weighted by atomic mass is 10.1. The number of hydrogen-bond acceptors (Lipinski definition) is 2. The van der Waals surface area contributed by atoms with Crippen LogP contribution in [0.3, 0.4) is 0 Å². The molecule has 3 nitrogen and oxygen atoms in total. The van der Waals surface area contributed by atoms with Gasteiger partial charge >= 0.3 is 0 Å². The molecule has 0 fully saturated rings. The minimum atomic E-state index is 0.525. The predicted molar refractivity (Wildman–Crippen MR) is 79.2 cm³/mol. The van der Waals surface area contributed by atoms with E-state index in [1.165, 1.54) is 5.56 Å². The molecule has 0 spiro atoms. The SMILES string of the molecule is Cc1cccc2c(C=O)nc(CCc3ccccc3)n12. The maximum atomic E-state index is 11.1. The van der Waals surface area contributed by atoms with E-state index in [9.17, 15) is 4.79 Å². The molecule has 2 heterocycles. The van der Waals surface area contributed by atoms with Gasteiger partial charge in [0.15, 0.2) is 6.29 Å². The van der Waals surface area contributed by atoms with Crippen LogP contribution in [0.15, 0.2) is 48.5 Å². The van der Waals surface area contributed by atoms with Gasteiger partial charge in [0.1, 0.15) is 11.5 Å². The summed E-state index contributed by atoms with van der Waals surface area (Å²) < 4.78 is 2.08. The lowest BCUT2D eigenvalue weighted by Crippen LogP contribution is -2.00. The van der Waals surface area contributed by atoms with Crippen LogP contribution in [-0.2, 0) is 12.8 Å². The number of pyridine rings is 1. The van der Waals surface area contributed by atoms with Crippen molar-refractivity contribution in [1.29, 1.82) is 0 Å². The highest BCUT2D eigenvalue weighted by atomic mass is 16.1. The van der Waals surface area contributed by atoms with E-state index in [-0.39, 0.29) is 0 Å². The van der Waals surface area contributed by atoms with E-state index in [0.717, 1.165) is 36.2 Å². The summed E-state index contributed by atoms with van der Waals surface area (Å²) >= 11 is 0. The Labute approximate surface area is 117 Å². The van der Waals surface area contributed by atoms with Crippen molar-refractivity contribution in [2.75, 3.05) is 0 Å². The first-order valence-corrected chi connectivity index (χ1v) is 6.75. The summed E-state index contributed by atoms with van der Waals surface area (Å²) in [6.45, 7) is 2.04. The van der Waals surface area contributed by atoms with Crippen LogP contribution in [0.1, 0.15) is 27.6 Å². The first-order valence-electron chi connectivity index (χ1n) is 6.75. The zero-order valence-corrected chi connectivity index (χ0v) is 11.4. The van der Waals surface area contributed by atoms with Gasteiger partial charge in [-0.05, 0) is 31.0 Å². The van der Waals surface area contributed by atoms with Crippen molar-refractivity contribution < 1.29 is 4.79 Å². The number of benzene rings is 1. The fraction of sp³-hybridized carbons (Fsp3) is 0.176. The van der Waals surface area contributed by atoms with Crippen LogP contribution in [0.4, 0.5) is 0 Å². The summed E-state index contributed by atoms with van der Waals surface area (Å²) in [7, 11) is 0. The van der Waals surface area contributed by atoms with E-state index in [4.69, 9.17) is 0 Å². The van der Waals surface area contributed by atoms with Gasteiger partial charge in [-0.25, -0.2) is 4.98 Å². The number of aromatic nitrogens is 2. The van der Waals surface area contributed by atoms with Gasteiger partial charge < -0.3 is 4.40 Å². The topological polar surface area (TPSA) is 34.4 Å². The molecule has 3 aromatic rings. The monoisotopic (exact) mass is 264 g/mol. The Hall–Kier alpha value is -2.42. The highest BCUT2D eigenvalue weighted by Gasteiger charge is 2.11. The predicted octanol–water partition coefficient (Wildman–Crippen LogP) is 3.24. The van der Waals surface area contributed by atoms with Crippen LogP contribution in [0.5, 0.6) is 0 Å². The number of hydrogen-bond donors (Lipinski definition) is 0.